The highest BCUT2D eigenvalue weighted by molar-refractivity contribution is 6.07. The fraction of sp³-hybridized carbons (Fsp3) is 0.429. The van der Waals surface area contributed by atoms with Gasteiger partial charge in [0.15, 0.2) is 5.78 Å². The highest BCUT2D eigenvalue weighted by Crippen LogP contribution is 2.87. The summed E-state index contributed by atoms with van der Waals surface area (Å²) in [5.74, 6) is -1.36. The summed E-state index contributed by atoms with van der Waals surface area (Å²) >= 11 is 0. The van der Waals surface area contributed by atoms with Crippen molar-refractivity contribution < 1.29 is 32.3 Å². The number of halogens is 3. The minimum atomic E-state index is -4.72. The summed E-state index contributed by atoms with van der Waals surface area (Å²) < 4.78 is 42.0. The molecule has 2 aliphatic carbocycles. The van der Waals surface area contributed by atoms with E-state index >= 15 is 0 Å². The zero-order valence-corrected chi connectivity index (χ0v) is 28.0. The quantitative estimate of drug-likeness (QED) is 0.271. The number of aromatic nitrogens is 5. The van der Waals surface area contributed by atoms with Crippen LogP contribution in [-0.4, -0.2) is 78.4 Å². The summed E-state index contributed by atoms with van der Waals surface area (Å²) in [6.07, 6.45) is 0.586. The molecule has 2 unspecified atom stereocenters. The Morgan fingerprint density at radius 2 is 1.78 bits per heavy atom. The number of ketones is 1. The Balaban J connectivity index is 1.18. The third-order valence-electron chi connectivity index (χ3n) is 10.8. The van der Waals surface area contributed by atoms with Gasteiger partial charge in [-0.3, -0.25) is 19.1 Å². The van der Waals surface area contributed by atoms with Crippen LogP contribution in [0.25, 0.3) is 22.0 Å². The molecule has 13 nitrogen and oxygen atoms in total. The number of pyridine rings is 1. The van der Waals surface area contributed by atoms with Crippen LogP contribution in [0.5, 0.6) is 0 Å². The van der Waals surface area contributed by atoms with Gasteiger partial charge < -0.3 is 20.9 Å². The molecule has 2 saturated heterocycles. The van der Waals surface area contributed by atoms with Crippen molar-refractivity contribution >= 4 is 40.3 Å². The molecule has 264 valence electrons. The second-order valence-electron chi connectivity index (χ2n) is 13.9. The van der Waals surface area contributed by atoms with Gasteiger partial charge in [0.2, 0.25) is 11.8 Å². The number of nitrogens with one attached hydrogen (secondary N) is 3. The van der Waals surface area contributed by atoms with E-state index in [0.29, 0.717) is 48.1 Å². The number of hydrogen-bond acceptors (Lipinski definition) is 8. The Bertz CT molecular complexity index is 2150. The lowest BCUT2D eigenvalue weighted by Gasteiger charge is -2.24. The molecule has 3 N–H and O–H groups in total. The highest BCUT2D eigenvalue weighted by atomic mass is 19.4. The van der Waals surface area contributed by atoms with E-state index in [4.69, 9.17) is 0 Å². The molecular weight excluding hydrogens is 667 g/mol. The van der Waals surface area contributed by atoms with E-state index in [1.54, 1.807) is 19.3 Å². The van der Waals surface area contributed by atoms with Crippen LogP contribution in [0.4, 0.5) is 23.8 Å². The van der Waals surface area contributed by atoms with Crippen molar-refractivity contribution in [2.45, 2.75) is 64.8 Å². The molecule has 16 heteroatoms. The lowest BCUT2D eigenvalue weighted by Crippen LogP contribution is -2.45. The number of nitrogens with zero attached hydrogens (tertiary/aromatic N) is 6. The van der Waals surface area contributed by atoms with E-state index in [1.807, 2.05) is 12.1 Å². The predicted molar refractivity (Wildman–Crippen MR) is 176 cm³/mol. The molecule has 1 spiro atoms. The number of benzene rings is 1. The highest BCUT2D eigenvalue weighted by Gasteiger charge is 2.96. The molecule has 4 fully saturated rings. The lowest BCUT2D eigenvalue weighted by atomic mass is 9.97. The Morgan fingerprint density at radius 1 is 1.02 bits per heavy atom. The Kier molecular flexibility index (Phi) is 7.43. The second-order valence-corrected chi connectivity index (χ2v) is 13.9. The Labute approximate surface area is 289 Å². The predicted octanol–water partition coefficient (Wildman–Crippen LogP) is 3.83. The number of anilines is 1. The Hall–Kier alpha value is -5.41. The van der Waals surface area contributed by atoms with Crippen LogP contribution in [-0.2, 0) is 28.7 Å². The Morgan fingerprint density at radius 3 is 2.51 bits per heavy atom. The topological polar surface area (TPSA) is 164 Å². The van der Waals surface area contributed by atoms with E-state index in [9.17, 15) is 32.3 Å². The largest absolute Gasteiger partial charge is 0.433 e. The van der Waals surface area contributed by atoms with Gasteiger partial charge in [-0.1, -0.05) is 6.07 Å². The van der Waals surface area contributed by atoms with Gasteiger partial charge in [-0.2, -0.15) is 18.3 Å². The number of amides is 4. The molecule has 5 atom stereocenters. The standard InChI is InChI=1S/C35H34F3N9O4/c1-16-7-8-23(35(36,37)38)43-31(16)44-32(50)29-25-26-30-34(25,26)15-42-33(51)39-9-5-4-6-19-10-20(21-12-40-18(3)41-13-21)11-22-27(17(2)48)45-46(28(19)22)14-24(49)47(29)30/h7-8,10-13,25-26,29-30H,4-6,9,14-15H2,1-3H3,(H2,39,42,51)(H,43,44,50)/t25?,26?,29-,30+,34-/m0/s1. The first-order chi connectivity index (χ1) is 24.3. The molecule has 3 aromatic heterocycles. The molecule has 4 bridgehead atoms. The van der Waals surface area contributed by atoms with Crippen molar-refractivity contribution in [2.24, 2.45) is 17.3 Å². The molecule has 4 amide bonds. The monoisotopic (exact) mass is 701 g/mol. The molecule has 9 rings (SSSR count). The summed E-state index contributed by atoms with van der Waals surface area (Å²) in [6, 6.07) is 4.17. The van der Waals surface area contributed by atoms with Crippen LogP contribution in [0.15, 0.2) is 36.7 Å². The van der Waals surface area contributed by atoms with E-state index in [-0.39, 0.29) is 54.3 Å². The second kappa shape index (κ2) is 11.6. The van der Waals surface area contributed by atoms with Crippen molar-refractivity contribution in [3.05, 3.63) is 65.0 Å². The number of Topliss-reactive ketones (excluding diaryl/α,β-unsaturated/α-hetero) is 1. The van der Waals surface area contributed by atoms with Crippen LogP contribution in [0, 0.1) is 31.1 Å². The van der Waals surface area contributed by atoms with Crippen LogP contribution in [0.1, 0.15) is 52.9 Å². The molecule has 51 heavy (non-hydrogen) atoms. The number of piperidine rings is 1. The third-order valence-corrected chi connectivity index (χ3v) is 10.8. The zero-order chi connectivity index (χ0) is 36.0. The summed E-state index contributed by atoms with van der Waals surface area (Å²) in [7, 11) is 0. The number of urea groups is 1. The number of carbonyl (C=O) groups is 4. The van der Waals surface area contributed by atoms with Crippen molar-refractivity contribution in [3.63, 3.8) is 0 Å². The molecule has 5 aliphatic rings. The smallest absolute Gasteiger partial charge is 0.338 e. The minimum absolute atomic E-state index is 0.0549. The zero-order valence-electron chi connectivity index (χ0n) is 28.0. The molecule has 3 aliphatic heterocycles. The number of hydrogen-bond donors (Lipinski definition) is 3. The van der Waals surface area contributed by atoms with Crippen molar-refractivity contribution in [2.75, 3.05) is 18.4 Å². The van der Waals surface area contributed by atoms with Crippen LogP contribution >= 0.6 is 0 Å². The average molecular weight is 702 g/mol. The first kappa shape index (κ1) is 32.8. The van der Waals surface area contributed by atoms with Gasteiger partial charge in [0, 0.05) is 60.7 Å². The molecule has 6 heterocycles. The van der Waals surface area contributed by atoms with E-state index < -0.39 is 35.1 Å². The number of carbonyl (C=O) groups excluding carboxylic acids is 4. The SMILES string of the molecule is CC(=O)c1nn2c3c(cc(-c4cnc(C)nc4)cc13)CCCCNC(=O)NC[C@]13C4C1[C@H]3N(C(=O)C2)[C@@H]4C(=O)Nc1nc(C(F)(F)F)ccc1C. The summed E-state index contributed by atoms with van der Waals surface area (Å²) in [6.45, 7) is 5.10. The van der Waals surface area contributed by atoms with Gasteiger partial charge in [0.05, 0.1) is 5.52 Å². The third kappa shape index (κ3) is 5.30. The van der Waals surface area contributed by atoms with Gasteiger partial charge in [0.1, 0.15) is 35.6 Å². The number of alkyl halides is 3. The normalized spacial score (nSPS) is 25.6. The van der Waals surface area contributed by atoms with Gasteiger partial charge >= 0.3 is 12.2 Å². The van der Waals surface area contributed by atoms with Crippen molar-refractivity contribution in [3.8, 4) is 11.1 Å². The lowest BCUT2D eigenvalue weighted by molar-refractivity contribution is -0.141. The van der Waals surface area contributed by atoms with E-state index in [2.05, 4.69) is 36.0 Å². The number of rotatable bonds is 4. The van der Waals surface area contributed by atoms with Gasteiger partial charge in [0.25, 0.3) is 0 Å². The van der Waals surface area contributed by atoms with E-state index in [1.165, 1.54) is 29.5 Å². The fourth-order valence-corrected chi connectivity index (χ4v) is 8.30. The van der Waals surface area contributed by atoms with Gasteiger partial charge in [-0.15, -0.1) is 0 Å². The van der Waals surface area contributed by atoms with Gasteiger partial charge in [-0.05, 0) is 73.9 Å². The van der Waals surface area contributed by atoms with Crippen LogP contribution < -0.4 is 16.0 Å². The fourth-order valence-electron chi connectivity index (χ4n) is 8.30. The van der Waals surface area contributed by atoms with E-state index in [0.717, 1.165) is 22.8 Å². The maximum absolute atomic E-state index is 14.4. The van der Waals surface area contributed by atoms with Crippen molar-refractivity contribution in [1.29, 1.82) is 0 Å². The first-order valence-corrected chi connectivity index (χ1v) is 16.8. The summed E-state index contributed by atoms with van der Waals surface area (Å²) in [5, 5.41) is 13.6. The maximum Gasteiger partial charge on any atom is 0.433 e. The van der Waals surface area contributed by atoms with Crippen LogP contribution in [0.2, 0.25) is 0 Å². The number of aryl methyl sites for hydroxylation is 3. The first-order valence-electron chi connectivity index (χ1n) is 16.8. The summed E-state index contributed by atoms with van der Waals surface area (Å²) in [5.41, 5.74) is 1.82. The maximum atomic E-state index is 14.4. The van der Waals surface area contributed by atoms with Gasteiger partial charge in [-0.25, -0.2) is 19.7 Å². The molecular formula is C35H34F3N9O4. The van der Waals surface area contributed by atoms with Crippen LogP contribution in [0.3, 0.4) is 0 Å². The molecule has 1 aromatic carbocycles. The van der Waals surface area contributed by atoms with Crippen molar-refractivity contribution in [1.82, 2.24) is 40.3 Å². The molecule has 4 aromatic rings. The summed E-state index contributed by atoms with van der Waals surface area (Å²) in [4.78, 5) is 67.8. The minimum Gasteiger partial charge on any atom is -0.338 e. The average Bonchev–Trinajstić information content (AvgIpc) is 3.69. The molecule has 0 radical (unpaired) electrons. The molecule has 2 saturated carbocycles.